The molecule has 3 nitrogen and oxygen atoms in total. The van der Waals surface area contributed by atoms with E-state index in [0.717, 1.165) is 47.7 Å². The van der Waals surface area contributed by atoms with Gasteiger partial charge in [-0.15, -0.1) is 0 Å². The van der Waals surface area contributed by atoms with Gasteiger partial charge in [-0.1, -0.05) is 92.2 Å². The topological polar surface area (TPSA) is 46.2 Å². The van der Waals surface area contributed by atoms with Crippen molar-refractivity contribution in [2.45, 2.75) is 39.5 Å². The molecule has 0 spiro atoms. The van der Waals surface area contributed by atoms with Crippen LogP contribution in [0.5, 0.6) is 0 Å². The van der Waals surface area contributed by atoms with Crippen LogP contribution in [-0.4, -0.2) is 11.8 Å². The molecule has 1 N–H and O–H groups in total. The van der Waals surface area contributed by atoms with E-state index < -0.39 is 0 Å². The van der Waals surface area contributed by atoms with E-state index in [9.17, 15) is 9.59 Å². The molecule has 2 amide bonds. The van der Waals surface area contributed by atoms with Crippen LogP contribution in [0.25, 0.3) is 54.2 Å². The fraction of sp³-hybridized carbons (Fsp3) is 0.176. The number of nitrogens with one attached hydrogen (secondary N) is 1. The number of carbonyl (C=O) groups is 2. The van der Waals surface area contributed by atoms with Gasteiger partial charge in [-0.3, -0.25) is 14.9 Å². The second kappa shape index (κ2) is 8.12. The quantitative estimate of drug-likeness (QED) is 0.133. The number of rotatable bonds is 3. The number of benzene rings is 6. The van der Waals surface area contributed by atoms with Gasteiger partial charge in [0.15, 0.2) is 0 Å². The number of halogens is 1. The zero-order valence-corrected chi connectivity index (χ0v) is 23.3. The Bertz CT molecular complexity index is 1970. The second-order valence-corrected chi connectivity index (χ2v) is 11.8. The Morgan fingerprint density at radius 2 is 1.18 bits per heavy atom. The van der Waals surface area contributed by atoms with Crippen LogP contribution in [-0.2, 0) is 0 Å². The third-order valence-corrected chi connectivity index (χ3v) is 8.88. The van der Waals surface area contributed by atoms with Gasteiger partial charge < -0.3 is 0 Å². The van der Waals surface area contributed by atoms with Crippen molar-refractivity contribution >= 4 is 70.8 Å². The summed E-state index contributed by atoms with van der Waals surface area (Å²) in [5, 5.41) is 11.1. The van der Waals surface area contributed by atoms with E-state index >= 15 is 0 Å². The Balaban J connectivity index is 1.84. The van der Waals surface area contributed by atoms with Crippen molar-refractivity contribution in [3.05, 3.63) is 93.5 Å². The molecule has 7 rings (SSSR count). The lowest BCUT2D eigenvalue weighted by molar-refractivity contribution is 0.0845. The van der Waals surface area contributed by atoms with Crippen molar-refractivity contribution in [3.63, 3.8) is 0 Å². The fourth-order valence-corrected chi connectivity index (χ4v) is 7.00. The summed E-state index contributed by atoms with van der Waals surface area (Å²) in [5.74, 6) is -0.0756. The molecule has 0 atom stereocenters. The van der Waals surface area contributed by atoms with Crippen molar-refractivity contribution in [2.75, 3.05) is 0 Å². The summed E-state index contributed by atoms with van der Waals surface area (Å²) in [6.45, 7) is 8.90. The minimum Gasteiger partial charge on any atom is -0.288 e. The Morgan fingerprint density at radius 1 is 0.579 bits per heavy atom. The molecule has 0 unspecified atom stereocenters. The van der Waals surface area contributed by atoms with Gasteiger partial charge in [-0.25, -0.2) is 0 Å². The lowest BCUT2D eigenvalue weighted by Gasteiger charge is -2.26. The molecule has 38 heavy (non-hydrogen) atoms. The summed E-state index contributed by atoms with van der Waals surface area (Å²) < 4.78 is 1.05. The van der Waals surface area contributed by atoms with Crippen molar-refractivity contribution in [1.82, 2.24) is 5.32 Å². The Hall–Kier alpha value is -3.76. The van der Waals surface area contributed by atoms with E-state index in [-0.39, 0.29) is 11.8 Å². The minimum atomic E-state index is -0.335. The molecule has 0 radical (unpaired) electrons. The molecule has 0 saturated carbocycles. The first-order chi connectivity index (χ1) is 18.3. The lowest BCUT2D eigenvalue weighted by atomic mass is 9.78. The van der Waals surface area contributed by atoms with Crippen molar-refractivity contribution in [3.8, 4) is 11.1 Å². The summed E-state index contributed by atoms with van der Waals surface area (Å²) in [4.78, 5) is 26.4. The summed E-state index contributed by atoms with van der Waals surface area (Å²) in [6.07, 6.45) is 0. The smallest absolute Gasteiger partial charge is 0.258 e. The van der Waals surface area contributed by atoms with E-state index in [1.165, 1.54) is 22.1 Å². The van der Waals surface area contributed by atoms with Crippen LogP contribution in [0.1, 0.15) is 71.4 Å². The SMILES string of the molecule is CC(C)c1cccc(C(C)C)c1-c1cc2c3c(ccc4c5ccc(Br)c6cccc(c1c34)c65)C(=O)NC2=O. The molecule has 0 saturated heterocycles. The lowest BCUT2D eigenvalue weighted by Crippen LogP contribution is -2.34. The third-order valence-electron chi connectivity index (χ3n) is 8.19. The van der Waals surface area contributed by atoms with Crippen LogP contribution in [0, 0.1) is 0 Å². The number of imide groups is 1. The Kier molecular flexibility index (Phi) is 4.99. The van der Waals surface area contributed by atoms with Crippen LogP contribution in [0.2, 0.25) is 0 Å². The molecule has 0 aliphatic carbocycles. The highest BCUT2D eigenvalue weighted by Gasteiger charge is 2.31. The van der Waals surface area contributed by atoms with Gasteiger partial charge in [0.2, 0.25) is 0 Å². The molecular formula is C34H26BrNO2. The number of carbonyl (C=O) groups excluding carboxylic acids is 2. The molecule has 6 aromatic carbocycles. The van der Waals surface area contributed by atoms with Crippen molar-refractivity contribution < 1.29 is 9.59 Å². The van der Waals surface area contributed by atoms with E-state index in [1.54, 1.807) is 0 Å². The first kappa shape index (κ1) is 23.4. The van der Waals surface area contributed by atoms with E-state index in [0.29, 0.717) is 23.0 Å². The minimum absolute atomic E-state index is 0.296. The highest BCUT2D eigenvalue weighted by molar-refractivity contribution is 9.10. The highest BCUT2D eigenvalue weighted by atomic mass is 79.9. The molecule has 0 bridgehead atoms. The maximum absolute atomic E-state index is 13.4. The predicted molar refractivity (Wildman–Crippen MR) is 161 cm³/mol. The molecule has 6 aromatic rings. The molecular weight excluding hydrogens is 534 g/mol. The summed E-state index contributed by atoms with van der Waals surface area (Å²) in [5.41, 5.74) is 5.90. The van der Waals surface area contributed by atoms with Crippen molar-refractivity contribution in [1.29, 1.82) is 0 Å². The van der Waals surface area contributed by atoms with Gasteiger partial charge in [-0.2, -0.15) is 0 Å². The van der Waals surface area contributed by atoms with Gasteiger partial charge in [-0.05, 0) is 90.0 Å². The van der Waals surface area contributed by atoms with E-state index in [1.807, 2.05) is 12.1 Å². The maximum Gasteiger partial charge on any atom is 0.258 e. The standard InChI is InChI=1S/C34H26BrNO2/c1-16(2)18-7-5-8-19(17(3)4)28(18)25-15-26-31-24(33(37)36-34(26)38)12-11-21-20-13-14-27(35)22-9-6-10-23(29(20)22)30(25)32(21)31/h5-17H,1-4H3,(H,36,37,38). The zero-order chi connectivity index (χ0) is 26.5. The molecule has 1 aliphatic rings. The van der Waals surface area contributed by atoms with Gasteiger partial charge in [0.1, 0.15) is 0 Å². The molecule has 186 valence electrons. The van der Waals surface area contributed by atoms with Gasteiger partial charge >= 0.3 is 0 Å². The fourth-order valence-electron chi connectivity index (χ4n) is 6.54. The number of fused-ring (bicyclic) bond motifs is 2. The first-order valence-electron chi connectivity index (χ1n) is 13.1. The number of amides is 2. The maximum atomic E-state index is 13.4. The summed E-state index contributed by atoms with van der Waals surface area (Å²) in [7, 11) is 0. The van der Waals surface area contributed by atoms with Crippen LogP contribution in [0.4, 0.5) is 0 Å². The number of hydrogen-bond donors (Lipinski definition) is 1. The summed E-state index contributed by atoms with van der Waals surface area (Å²) >= 11 is 3.78. The Labute approximate surface area is 229 Å². The van der Waals surface area contributed by atoms with Crippen LogP contribution in [0.3, 0.4) is 0 Å². The van der Waals surface area contributed by atoms with Crippen LogP contribution < -0.4 is 5.32 Å². The largest absolute Gasteiger partial charge is 0.288 e. The van der Waals surface area contributed by atoms with Gasteiger partial charge in [0, 0.05) is 21.0 Å². The number of hydrogen-bond acceptors (Lipinski definition) is 2. The molecule has 4 heteroatoms. The zero-order valence-electron chi connectivity index (χ0n) is 21.7. The summed E-state index contributed by atoms with van der Waals surface area (Å²) in [6, 6.07) is 23.2. The van der Waals surface area contributed by atoms with Crippen molar-refractivity contribution in [2.24, 2.45) is 0 Å². The molecule has 0 fully saturated rings. The molecule has 1 aliphatic heterocycles. The first-order valence-corrected chi connectivity index (χ1v) is 13.9. The molecule has 1 heterocycles. The highest BCUT2D eigenvalue weighted by Crippen LogP contribution is 2.49. The normalized spacial score (nSPS) is 13.7. The Morgan fingerprint density at radius 3 is 1.89 bits per heavy atom. The molecule has 0 aromatic heterocycles. The van der Waals surface area contributed by atoms with Crippen LogP contribution in [0.15, 0.2) is 71.2 Å². The average Bonchev–Trinajstić information content (AvgIpc) is 2.90. The monoisotopic (exact) mass is 559 g/mol. The van der Waals surface area contributed by atoms with E-state index in [4.69, 9.17) is 0 Å². The third kappa shape index (κ3) is 3.01. The van der Waals surface area contributed by atoms with Crippen LogP contribution >= 0.6 is 15.9 Å². The second-order valence-electron chi connectivity index (χ2n) is 11.0. The predicted octanol–water partition coefficient (Wildman–Crippen LogP) is 9.30. The van der Waals surface area contributed by atoms with Gasteiger partial charge in [0.05, 0.1) is 0 Å². The van der Waals surface area contributed by atoms with E-state index in [2.05, 4.69) is 104 Å². The average molecular weight is 560 g/mol. The van der Waals surface area contributed by atoms with Gasteiger partial charge in [0.25, 0.3) is 11.8 Å².